The van der Waals surface area contributed by atoms with Crippen molar-refractivity contribution in [1.29, 1.82) is 0 Å². The van der Waals surface area contributed by atoms with Gasteiger partial charge in [0.1, 0.15) is 5.82 Å². The van der Waals surface area contributed by atoms with Crippen LogP contribution in [0.2, 0.25) is 5.02 Å². The summed E-state index contributed by atoms with van der Waals surface area (Å²) in [5.41, 5.74) is 0.470. The average molecular weight is 347 g/mol. The molecule has 0 amide bonds. The second kappa shape index (κ2) is 6.21. The van der Waals surface area contributed by atoms with E-state index in [9.17, 15) is 19.3 Å². The van der Waals surface area contributed by atoms with Crippen molar-refractivity contribution in [3.05, 3.63) is 80.2 Å². The third-order valence-corrected chi connectivity index (χ3v) is 3.54. The Bertz CT molecular complexity index is 907. The van der Waals surface area contributed by atoms with E-state index in [1.807, 2.05) is 0 Å². The number of benzene rings is 2. The van der Waals surface area contributed by atoms with Crippen molar-refractivity contribution in [2.24, 2.45) is 4.99 Å². The molecule has 0 aromatic heterocycles. The molecule has 2 aromatic rings. The molecule has 1 aliphatic rings. The van der Waals surface area contributed by atoms with Gasteiger partial charge in [0.25, 0.3) is 5.69 Å². The number of carbonyl (C=O) groups excluding carboxylic acids is 1. The first-order valence-corrected chi connectivity index (χ1v) is 7.04. The van der Waals surface area contributed by atoms with Gasteiger partial charge in [-0.15, -0.1) is 0 Å². The molecule has 0 aliphatic carbocycles. The largest absolute Gasteiger partial charge is 0.402 e. The van der Waals surface area contributed by atoms with Crippen LogP contribution in [0.3, 0.4) is 0 Å². The number of aliphatic imine (C=N–C) groups is 1. The summed E-state index contributed by atoms with van der Waals surface area (Å²) in [6.45, 7) is 0. The second-order valence-electron chi connectivity index (χ2n) is 4.81. The zero-order chi connectivity index (χ0) is 17.3. The number of ether oxygens (including phenoxy) is 1. The Morgan fingerprint density at radius 3 is 2.58 bits per heavy atom. The van der Waals surface area contributed by atoms with E-state index in [1.54, 1.807) is 0 Å². The molecule has 0 saturated heterocycles. The first-order chi connectivity index (χ1) is 11.4. The lowest BCUT2D eigenvalue weighted by Crippen LogP contribution is -2.05. The summed E-state index contributed by atoms with van der Waals surface area (Å²) in [4.78, 5) is 26.2. The van der Waals surface area contributed by atoms with Crippen molar-refractivity contribution in [2.75, 3.05) is 0 Å². The van der Waals surface area contributed by atoms with Gasteiger partial charge in [0, 0.05) is 28.3 Å². The van der Waals surface area contributed by atoms with Crippen LogP contribution in [0.5, 0.6) is 0 Å². The lowest BCUT2D eigenvalue weighted by Gasteiger charge is -1.99. The van der Waals surface area contributed by atoms with Crippen molar-refractivity contribution >= 4 is 35.2 Å². The predicted molar refractivity (Wildman–Crippen MR) is 85.1 cm³/mol. The fourth-order valence-corrected chi connectivity index (χ4v) is 2.20. The normalized spacial score (nSPS) is 15.3. The third-order valence-electron chi connectivity index (χ3n) is 3.19. The van der Waals surface area contributed by atoms with E-state index >= 15 is 0 Å². The van der Waals surface area contributed by atoms with Gasteiger partial charge in [0.2, 0.25) is 5.90 Å². The van der Waals surface area contributed by atoms with Crippen molar-refractivity contribution in [3.63, 3.8) is 0 Å². The Hall–Kier alpha value is -3.06. The van der Waals surface area contributed by atoms with E-state index in [0.717, 1.165) is 0 Å². The second-order valence-corrected chi connectivity index (χ2v) is 5.21. The van der Waals surface area contributed by atoms with Gasteiger partial charge in [0.15, 0.2) is 5.70 Å². The fourth-order valence-electron chi connectivity index (χ4n) is 2.03. The zero-order valence-corrected chi connectivity index (χ0v) is 12.7. The Morgan fingerprint density at radius 2 is 1.92 bits per heavy atom. The first-order valence-electron chi connectivity index (χ1n) is 6.66. The Balaban J connectivity index is 1.98. The highest BCUT2D eigenvalue weighted by Crippen LogP contribution is 2.26. The van der Waals surface area contributed by atoms with Gasteiger partial charge < -0.3 is 4.74 Å². The molecule has 0 unspecified atom stereocenters. The van der Waals surface area contributed by atoms with Crippen LogP contribution in [-0.4, -0.2) is 16.8 Å². The Kier molecular flexibility index (Phi) is 4.09. The van der Waals surface area contributed by atoms with Crippen LogP contribution < -0.4 is 0 Å². The van der Waals surface area contributed by atoms with Crippen LogP contribution in [0.15, 0.2) is 53.2 Å². The summed E-state index contributed by atoms with van der Waals surface area (Å²) in [6, 6.07) is 9.11. The molecule has 0 spiro atoms. The number of cyclic esters (lactones) is 1. The molecule has 120 valence electrons. The summed E-state index contributed by atoms with van der Waals surface area (Å²) in [5, 5.41) is 11.1. The van der Waals surface area contributed by atoms with E-state index in [-0.39, 0.29) is 27.9 Å². The molecule has 0 radical (unpaired) electrons. The van der Waals surface area contributed by atoms with Gasteiger partial charge in [-0.2, -0.15) is 0 Å². The van der Waals surface area contributed by atoms with Gasteiger partial charge in [-0.25, -0.2) is 14.2 Å². The van der Waals surface area contributed by atoms with Gasteiger partial charge >= 0.3 is 5.97 Å². The van der Waals surface area contributed by atoms with Gasteiger partial charge in [-0.05, 0) is 36.4 Å². The molecule has 1 aliphatic heterocycles. The number of hydrogen-bond donors (Lipinski definition) is 0. The summed E-state index contributed by atoms with van der Waals surface area (Å²) in [6.07, 6.45) is 1.30. The minimum atomic E-state index is -0.725. The summed E-state index contributed by atoms with van der Waals surface area (Å²) in [7, 11) is 0. The van der Waals surface area contributed by atoms with E-state index < -0.39 is 16.7 Å². The summed E-state index contributed by atoms with van der Waals surface area (Å²) < 4.78 is 18.0. The highest BCUT2D eigenvalue weighted by atomic mass is 35.5. The molecular formula is C16H8ClFN2O4. The van der Waals surface area contributed by atoms with Crippen molar-refractivity contribution in [3.8, 4) is 0 Å². The Labute approximate surface area is 140 Å². The molecule has 0 bridgehead atoms. The highest BCUT2D eigenvalue weighted by molar-refractivity contribution is 6.32. The number of carbonyl (C=O) groups is 1. The Morgan fingerprint density at radius 1 is 1.21 bits per heavy atom. The lowest BCUT2D eigenvalue weighted by molar-refractivity contribution is -0.384. The average Bonchev–Trinajstić information content (AvgIpc) is 2.91. The highest BCUT2D eigenvalue weighted by Gasteiger charge is 2.24. The van der Waals surface area contributed by atoms with Crippen molar-refractivity contribution < 1.29 is 18.8 Å². The molecule has 0 fully saturated rings. The van der Waals surface area contributed by atoms with Gasteiger partial charge in [-0.3, -0.25) is 10.1 Å². The number of nitro groups is 1. The maximum Gasteiger partial charge on any atom is 0.363 e. The maximum atomic E-state index is 12.9. The molecule has 8 heteroatoms. The summed E-state index contributed by atoms with van der Waals surface area (Å²) in [5.74, 6) is -1.13. The molecule has 6 nitrogen and oxygen atoms in total. The van der Waals surface area contributed by atoms with Gasteiger partial charge in [-0.1, -0.05) is 11.6 Å². The quantitative estimate of drug-likeness (QED) is 0.367. The maximum absolute atomic E-state index is 12.9. The molecular weight excluding hydrogens is 339 g/mol. The standard InChI is InChI=1S/C16H8ClFN2O4/c17-13-6-5-12(20(22)23)7-10(13)8-14-16(21)24-15(19-14)9-1-3-11(18)4-2-9/h1-8H/b14-8-. The SMILES string of the molecule is O=C1OC(c2ccc(F)cc2)=N/C1=C\c1cc([N+](=O)[O-])ccc1Cl. The van der Waals surface area contributed by atoms with Crippen molar-refractivity contribution in [2.45, 2.75) is 0 Å². The van der Waals surface area contributed by atoms with Crippen LogP contribution in [-0.2, 0) is 9.53 Å². The first kappa shape index (κ1) is 15.8. The molecule has 2 aromatic carbocycles. The zero-order valence-electron chi connectivity index (χ0n) is 11.9. The lowest BCUT2D eigenvalue weighted by atomic mass is 10.1. The number of rotatable bonds is 3. The third kappa shape index (κ3) is 3.16. The minimum Gasteiger partial charge on any atom is -0.402 e. The van der Waals surface area contributed by atoms with E-state index in [0.29, 0.717) is 5.56 Å². The number of halogens is 2. The fraction of sp³-hybridized carbons (Fsp3) is 0. The molecule has 0 saturated carbocycles. The topological polar surface area (TPSA) is 81.8 Å². The van der Waals surface area contributed by atoms with E-state index in [2.05, 4.69) is 4.99 Å². The van der Waals surface area contributed by atoms with Crippen LogP contribution in [0.25, 0.3) is 6.08 Å². The monoisotopic (exact) mass is 346 g/mol. The number of non-ortho nitro benzene ring substituents is 1. The number of esters is 1. The number of nitrogens with zero attached hydrogens (tertiary/aromatic N) is 2. The predicted octanol–water partition coefficient (Wildman–Crippen LogP) is 3.73. The van der Waals surface area contributed by atoms with Crippen LogP contribution in [0.4, 0.5) is 10.1 Å². The van der Waals surface area contributed by atoms with Crippen LogP contribution in [0.1, 0.15) is 11.1 Å². The molecule has 24 heavy (non-hydrogen) atoms. The van der Waals surface area contributed by atoms with Crippen LogP contribution >= 0.6 is 11.6 Å². The van der Waals surface area contributed by atoms with E-state index in [4.69, 9.17) is 16.3 Å². The van der Waals surface area contributed by atoms with Crippen molar-refractivity contribution in [1.82, 2.24) is 0 Å². The minimum absolute atomic E-state index is 0.0211. The number of hydrogen-bond acceptors (Lipinski definition) is 5. The summed E-state index contributed by atoms with van der Waals surface area (Å²) >= 11 is 5.99. The smallest absolute Gasteiger partial charge is 0.363 e. The van der Waals surface area contributed by atoms with Gasteiger partial charge in [0.05, 0.1) is 4.92 Å². The molecule has 1 heterocycles. The van der Waals surface area contributed by atoms with Crippen LogP contribution in [0, 0.1) is 15.9 Å². The molecule has 3 rings (SSSR count). The number of nitro benzene ring substituents is 1. The molecule has 0 N–H and O–H groups in total. The molecule has 0 atom stereocenters. The van der Waals surface area contributed by atoms with E-state index in [1.165, 1.54) is 48.5 Å².